The Morgan fingerprint density at radius 2 is 0.940 bits per heavy atom. The first-order valence-electron chi connectivity index (χ1n) is 19.8. The number of carboxylic acids is 2. The summed E-state index contributed by atoms with van der Waals surface area (Å²) in [6.45, 7) is 0. The van der Waals surface area contributed by atoms with Crippen LogP contribution in [0.15, 0.2) is 182 Å². The molecule has 0 saturated carbocycles. The van der Waals surface area contributed by atoms with Gasteiger partial charge in [0.25, 0.3) is 20.0 Å². The number of anilines is 2. The van der Waals surface area contributed by atoms with Gasteiger partial charge in [0, 0.05) is 11.4 Å². The third kappa shape index (κ3) is 13.3. The molecular formula is C47H39F3N2O11S4. The first kappa shape index (κ1) is 49.4. The topological polar surface area (TPSA) is 210 Å². The van der Waals surface area contributed by atoms with Crippen LogP contribution < -0.4 is 14.2 Å². The Balaban J connectivity index is 0.000000222. The number of sulfonamides is 2. The summed E-state index contributed by atoms with van der Waals surface area (Å²) in [5, 5.41) is 18.6. The van der Waals surface area contributed by atoms with Gasteiger partial charge in [0.05, 0.1) is 16.0 Å². The maximum absolute atomic E-state index is 12.8. The zero-order valence-corrected chi connectivity index (χ0v) is 38.0. The highest BCUT2D eigenvalue weighted by molar-refractivity contribution is 7.96. The predicted molar refractivity (Wildman–Crippen MR) is 245 cm³/mol. The maximum Gasteiger partial charge on any atom is 0.573 e. The molecule has 0 spiro atoms. The predicted octanol–water partition coefficient (Wildman–Crippen LogP) is 9.73. The molecule has 7 aromatic rings. The number of alkyl halides is 3. The van der Waals surface area contributed by atoms with Gasteiger partial charge in [-0.2, -0.15) is 0 Å². The molecule has 1 aromatic heterocycles. The minimum atomic E-state index is -5.04. The lowest BCUT2D eigenvalue weighted by Crippen LogP contribution is -2.20. The van der Waals surface area contributed by atoms with E-state index in [1.165, 1.54) is 54.6 Å². The summed E-state index contributed by atoms with van der Waals surface area (Å²) < 4.78 is 122. The molecule has 0 atom stereocenters. The number of para-hydroxylation sites is 1. The second-order valence-electron chi connectivity index (χ2n) is 14.4. The Morgan fingerprint density at radius 3 is 1.43 bits per heavy atom. The fraction of sp³-hybridized carbons (Fsp3) is 0.106. The number of rotatable bonds is 17. The molecule has 20 heteroatoms. The number of aryl methyl sites for hydroxylation is 4. The molecule has 0 bridgehead atoms. The maximum atomic E-state index is 12.8. The lowest BCUT2D eigenvalue weighted by molar-refractivity contribution is -0.275. The molecule has 0 amide bonds. The smallest absolute Gasteiger partial charge is 0.478 e. The van der Waals surface area contributed by atoms with Gasteiger partial charge in [-0.05, 0) is 121 Å². The molecule has 67 heavy (non-hydrogen) atoms. The van der Waals surface area contributed by atoms with Gasteiger partial charge in [-0.3, -0.25) is 9.44 Å². The summed E-state index contributed by atoms with van der Waals surface area (Å²) >= 11 is 0.687. The van der Waals surface area contributed by atoms with Crippen molar-refractivity contribution in [2.45, 2.75) is 50.3 Å². The molecule has 0 aliphatic rings. The van der Waals surface area contributed by atoms with E-state index in [2.05, 4.69) is 14.2 Å². The average molecular weight is 993 g/mol. The zero-order valence-electron chi connectivity index (χ0n) is 34.8. The van der Waals surface area contributed by atoms with Crippen LogP contribution in [0.4, 0.5) is 24.5 Å². The van der Waals surface area contributed by atoms with Crippen LogP contribution in [0.3, 0.4) is 0 Å². The number of carbonyl (C=O) groups is 2. The van der Waals surface area contributed by atoms with Gasteiger partial charge < -0.3 is 14.9 Å². The lowest BCUT2D eigenvalue weighted by Gasteiger charge is -2.14. The van der Waals surface area contributed by atoms with Crippen LogP contribution >= 0.6 is 11.3 Å². The molecular weight excluding hydrogens is 954 g/mol. The second kappa shape index (κ2) is 21.1. The second-order valence-corrected chi connectivity index (χ2v) is 21.2. The molecule has 0 saturated heterocycles. The SMILES string of the molecule is O=C(O)c1ccccc1CCc1ccc(NS(=O)(=O)c2ccc(S(=O)(=O)c3ccccc3)s2)cc1.O=C(O)c1ccccc1CCc1ccc(NS(=O)(=O)c2ccccc2OC(F)(F)F)cc1. The van der Waals surface area contributed by atoms with Crippen LogP contribution in [0.1, 0.15) is 43.0 Å². The van der Waals surface area contributed by atoms with E-state index < -0.39 is 58.8 Å². The molecule has 0 radical (unpaired) electrons. The van der Waals surface area contributed by atoms with E-state index in [4.69, 9.17) is 0 Å². The van der Waals surface area contributed by atoms with Crippen molar-refractivity contribution in [3.8, 4) is 5.75 Å². The van der Waals surface area contributed by atoms with Crippen LogP contribution in [0, 0.1) is 0 Å². The van der Waals surface area contributed by atoms with Crippen molar-refractivity contribution in [1.82, 2.24) is 0 Å². The van der Waals surface area contributed by atoms with Crippen molar-refractivity contribution in [3.63, 3.8) is 0 Å². The van der Waals surface area contributed by atoms with E-state index in [0.29, 0.717) is 48.3 Å². The summed E-state index contributed by atoms with van der Waals surface area (Å²) in [5.41, 5.74) is 4.12. The van der Waals surface area contributed by atoms with Gasteiger partial charge in [-0.25, -0.2) is 34.8 Å². The summed E-state index contributed by atoms with van der Waals surface area (Å²) in [6, 6.07) is 41.3. The summed E-state index contributed by atoms with van der Waals surface area (Å²) in [7, 11) is -12.1. The Morgan fingerprint density at radius 1 is 0.507 bits per heavy atom. The van der Waals surface area contributed by atoms with Crippen molar-refractivity contribution < 1.29 is 63.0 Å². The monoisotopic (exact) mass is 992 g/mol. The van der Waals surface area contributed by atoms with Crippen LogP contribution in [-0.4, -0.2) is 53.8 Å². The van der Waals surface area contributed by atoms with Crippen molar-refractivity contribution in [3.05, 3.63) is 197 Å². The molecule has 348 valence electrons. The van der Waals surface area contributed by atoms with Crippen LogP contribution in [0.25, 0.3) is 0 Å². The first-order valence-corrected chi connectivity index (χ1v) is 25.1. The number of ether oxygens (including phenoxy) is 1. The quantitative estimate of drug-likeness (QED) is 0.0675. The number of halogens is 3. The summed E-state index contributed by atoms with van der Waals surface area (Å²) in [5.74, 6) is -2.82. The number of hydrogen-bond acceptors (Lipinski definition) is 10. The minimum Gasteiger partial charge on any atom is -0.478 e. The fourth-order valence-electron chi connectivity index (χ4n) is 6.54. The fourth-order valence-corrected chi connectivity index (χ4v) is 12.0. The van der Waals surface area contributed by atoms with E-state index in [-0.39, 0.29) is 30.1 Å². The largest absolute Gasteiger partial charge is 0.573 e. The number of sulfone groups is 1. The highest BCUT2D eigenvalue weighted by Gasteiger charge is 2.34. The van der Waals surface area contributed by atoms with Gasteiger partial charge in [0.2, 0.25) is 9.84 Å². The normalized spacial score (nSPS) is 11.7. The Hall–Kier alpha value is -7.00. The number of hydrogen-bond donors (Lipinski definition) is 4. The molecule has 6 aromatic carbocycles. The number of thiophene rings is 1. The number of nitrogens with one attached hydrogen (secondary N) is 2. The Labute approximate surface area is 388 Å². The number of aromatic carboxylic acids is 2. The highest BCUT2D eigenvalue weighted by Crippen LogP contribution is 2.33. The van der Waals surface area contributed by atoms with E-state index >= 15 is 0 Å². The van der Waals surface area contributed by atoms with Gasteiger partial charge in [0.1, 0.15) is 19.1 Å². The van der Waals surface area contributed by atoms with Crippen LogP contribution in [0.5, 0.6) is 5.75 Å². The average Bonchev–Trinajstić information content (AvgIpc) is 3.82. The van der Waals surface area contributed by atoms with Gasteiger partial charge in [-0.1, -0.05) is 91.0 Å². The third-order valence-corrected chi connectivity index (χ3v) is 16.4. The molecule has 0 unspecified atom stereocenters. The Kier molecular flexibility index (Phi) is 15.6. The van der Waals surface area contributed by atoms with Crippen molar-refractivity contribution >= 4 is 64.5 Å². The van der Waals surface area contributed by atoms with Crippen molar-refractivity contribution in [2.75, 3.05) is 9.44 Å². The summed E-state index contributed by atoms with van der Waals surface area (Å²) in [6.07, 6.45) is -2.94. The number of carboxylic acid groups (broad SMARTS) is 2. The van der Waals surface area contributed by atoms with E-state index in [1.54, 1.807) is 97.1 Å². The molecule has 0 aliphatic heterocycles. The van der Waals surface area contributed by atoms with Gasteiger partial charge in [0.15, 0.2) is 0 Å². The molecule has 0 aliphatic carbocycles. The number of benzene rings is 6. The molecule has 1 heterocycles. The Bertz CT molecular complexity index is 3200. The standard InChI is InChI=1S/C25H21NO6S3.C22H18F3NO5S/c27-25(28)22-9-5-4-6-19(22)13-10-18-11-14-20(15-12-18)26-35(31,32)24-17-16-23(33-24)34(29,30)21-7-2-1-3-8-21;23-22(24,25)31-19-7-3-4-8-20(19)32(29,30)26-17-13-10-15(11-14-17)9-12-16-5-1-2-6-18(16)21(27)28/h1-9,11-12,14-17,26H,10,13H2,(H,27,28);1-8,10-11,13-14,26H,9,12H2,(H,27,28). The van der Waals surface area contributed by atoms with Crippen LogP contribution in [0.2, 0.25) is 0 Å². The van der Waals surface area contributed by atoms with Gasteiger partial charge >= 0.3 is 18.3 Å². The van der Waals surface area contributed by atoms with Crippen molar-refractivity contribution in [1.29, 1.82) is 0 Å². The van der Waals surface area contributed by atoms with Crippen molar-refractivity contribution in [2.24, 2.45) is 0 Å². The van der Waals surface area contributed by atoms with E-state index in [1.807, 2.05) is 0 Å². The minimum absolute atomic E-state index is 0.0546. The lowest BCUT2D eigenvalue weighted by atomic mass is 10.00. The summed E-state index contributed by atoms with van der Waals surface area (Å²) in [4.78, 5) is 22.1. The van der Waals surface area contributed by atoms with E-state index in [9.17, 15) is 58.2 Å². The highest BCUT2D eigenvalue weighted by atomic mass is 32.3. The third-order valence-electron chi connectivity index (χ3n) is 9.78. The molecule has 7 rings (SSSR count). The first-order chi connectivity index (χ1) is 31.7. The molecule has 0 fully saturated rings. The van der Waals surface area contributed by atoms with E-state index in [0.717, 1.165) is 28.8 Å². The van der Waals surface area contributed by atoms with Gasteiger partial charge in [-0.15, -0.1) is 24.5 Å². The van der Waals surface area contributed by atoms with Crippen LogP contribution in [-0.2, 0) is 55.6 Å². The molecule has 13 nitrogen and oxygen atoms in total. The zero-order chi connectivity index (χ0) is 48.4. The molecule has 4 N–H and O–H groups in total.